The lowest BCUT2D eigenvalue weighted by Gasteiger charge is -2.07. The Labute approximate surface area is 330 Å². The highest BCUT2D eigenvalue weighted by Gasteiger charge is 2.26. The van der Waals surface area contributed by atoms with E-state index in [1.54, 1.807) is 18.3 Å². The zero-order valence-electron chi connectivity index (χ0n) is 29.7. The number of fused-ring (bicyclic) bond motifs is 6. The van der Waals surface area contributed by atoms with Gasteiger partial charge in [-0.25, -0.2) is 32.5 Å². The first-order valence-corrected chi connectivity index (χ1v) is 19.4. The number of oxazole rings is 1. The number of thiazole rings is 2. The van der Waals surface area contributed by atoms with Gasteiger partial charge in [-0.15, -0.1) is 22.7 Å². The first kappa shape index (κ1) is 37.6. The second-order valence-corrected chi connectivity index (χ2v) is 15.2. The highest BCUT2D eigenvalue weighted by molar-refractivity contribution is 7.17. The number of carbonyl (C=O) groups is 3. The highest BCUT2D eigenvalue weighted by Crippen LogP contribution is 2.40. The number of para-hydroxylation sites is 2. The smallest absolute Gasteiger partial charge is 0.284 e. The van der Waals surface area contributed by atoms with E-state index in [1.807, 2.05) is 18.2 Å². The van der Waals surface area contributed by atoms with Gasteiger partial charge in [0.25, 0.3) is 11.8 Å². The average Bonchev–Trinajstić information content (AvgIpc) is 3.96. The highest BCUT2D eigenvalue weighted by atomic mass is 32.1. The number of nitrogens with one attached hydrogen (secondary N) is 2. The van der Waals surface area contributed by atoms with Crippen LogP contribution in [0.25, 0.3) is 32.2 Å². The van der Waals surface area contributed by atoms with Crippen LogP contribution in [0.5, 0.6) is 0 Å². The summed E-state index contributed by atoms with van der Waals surface area (Å²) in [4.78, 5) is 50.9. The Bertz CT molecular complexity index is 2640. The molecular weight excluding hydrogens is 779 g/mol. The van der Waals surface area contributed by atoms with Crippen LogP contribution in [-0.2, 0) is 25.7 Å². The maximum absolute atomic E-state index is 13.9. The van der Waals surface area contributed by atoms with Gasteiger partial charge in [-0.3, -0.25) is 14.4 Å². The summed E-state index contributed by atoms with van der Waals surface area (Å²) in [6, 6.07) is 18.3. The molecule has 0 spiro atoms. The lowest BCUT2D eigenvalue weighted by Crippen LogP contribution is -2.14. The van der Waals surface area contributed by atoms with Crippen LogP contribution in [0.3, 0.4) is 0 Å². The first-order chi connectivity index (χ1) is 27.7. The van der Waals surface area contributed by atoms with E-state index in [4.69, 9.17) is 4.42 Å². The third kappa shape index (κ3) is 7.76. The number of anilines is 2. The van der Waals surface area contributed by atoms with E-state index in [9.17, 15) is 31.9 Å². The van der Waals surface area contributed by atoms with Crippen LogP contribution in [0.4, 0.5) is 28.9 Å². The number of rotatable bonds is 6. The molecule has 0 unspecified atom stereocenters. The molecular formula is C42H29F4N5O4S2. The number of halogens is 4. The van der Waals surface area contributed by atoms with Crippen molar-refractivity contribution >= 4 is 52.1 Å². The number of aromatic nitrogens is 3. The summed E-state index contributed by atoms with van der Waals surface area (Å²) in [6.07, 6.45) is 8.74. The van der Waals surface area contributed by atoms with Gasteiger partial charge in [-0.1, -0.05) is 36.4 Å². The fourth-order valence-electron chi connectivity index (χ4n) is 6.73. The van der Waals surface area contributed by atoms with Crippen molar-refractivity contribution < 1.29 is 36.4 Å². The van der Waals surface area contributed by atoms with Crippen molar-refractivity contribution in [3.63, 3.8) is 0 Å². The van der Waals surface area contributed by atoms with Gasteiger partial charge in [0.15, 0.2) is 22.2 Å². The molecule has 0 bridgehead atoms. The molecule has 9 nitrogen and oxygen atoms in total. The van der Waals surface area contributed by atoms with Gasteiger partial charge >= 0.3 is 0 Å². The normalized spacial score (nSPS) is 12.7. The number of carbonyl (C=O) groups excluding carboxylic acids is 3. The van der Waals surface area contributed by atoms with Gasteiger partial charge in [0.1, 0.15) is 40.9 Å². The van der Waals surface area contributed by atoms with Gasteiger partial charge in [0, 0.05) is 11.1 Å². The largest absolute Gasteiger partial charge is 0.444 e. The van der Waals surface area contributed by atoms with Crippen LogP contribution in [0.2, 0.25) is 0 Å². The minimum absolute atomic E-state index is 0.131. The minimum atomic E-state index is -0.845. The fourth-order valence-corrected chi connectivity index (χ4v) is 8.85. The van der Waals surface area contributed by atoms with Gasteiger partial charge in [-0.05, 0) is 97.2 Å². The predicted octanol–water partition coefficient (Wildman–Crippen LogP) is 10.1. The number of hydrogen-bond donors (Lipinski definition) is 2. The van der Waals surface area contributed by atoms with Crippen LogP contribution in [0.15, 0.2) is 89.8 Å². The molecule has 0 fully saturated rings. The van der Waals surface area contributed by atoms with Crippen molar-refractivity contribution in [1.29, 1.82) is 0 Å². The molecule has 3 heterocycles. The molecule has 15 heteroatoms. The van der Waals surface area contributed by atoms with Crippen LogP contribution < -0.4 is 10.6 Å². The molecule has 4 aromatic carbocycles. The van der Waals surface area contributed by atoms with Gasteiger partial charge in [-0.2, -0.15) is 0 Å². The van der Waals surface area contributed by atoms with Crippen LogP contribution in [0, 0.1) is 23.3 Å². The molecule has 0 atom stereocenters. The van der Waals surface area contributed by atoms with Crippen LogP contribution in [0.1, 0.15) is 65.3 Å². The minimum Gasteiger partial charge on any atom is -0.444 e. The Hall–Kier alpha value is -6.32. The van der Waals surface area contributed by atoms with Gasteiger partial charge in [0.2, 0.25) is 0 Å². The lowest BCUT2D eigenvalue weighted by atomic mass is 10.0. The van der Waals surface area contributed by atoms with Crippen molar-refractivity contribution in [3.05, 3.63) is 147 Å². The monoisotopic (exact) mass is 807 g/mol. The van der Waals surface area contributed by atoms with Crippen molar-refractivity contribution in [2.75, 3.05) is 10.6 Å². The summed E-state index contributed by atoms with van der Waals surface area (Å²) in [6.45, 7) is 0. The molecule has 0 aliphatic heterocycles. The molecule has 0 radical (unpaired) electrons. The summed E-state index contributed by atoms with van der Waals surface area (Å²) in [5.41, 5.74) is 6.18. The number of amides is 2. The predicted molar refractivity (Wildman–Crippen MR) is 209 cm³/mol. The number of aldehydes is 1. The maximum Gasteiger partial charge on any atom is 0.284 e. The Kier molecular flexibility index (Phi) is 10.6. The molecule has 286 valence electrons. The van der Waals surface area contributed by atoms with Gasteiger partial charge in [0.05, 0.1) is 27.3 Å². The quantitative estimate of drug-likeness (QED) is 0.127. The molecule has 2 aliphatic carbocycles. The molecule has 0 saturated carbocycles. The number of nitrogens with zero attached hydrogens (tertiary/aromatic N) is 3. The lowest BCUT2D eigenvalue weighted by molar-refractivity contribution is 0.101. The molecule has 3 aromatic heterocycles. The molecule has 9 rings (SSSR count). The van der Waals surface area contributed by atoms with Crippen molar-refractivity contribution in [1.82, 2.24) is 15.0 Å². The third-order valence-corrected chi connectivity index (χ3v) is 11.8. The summed E-state index contributed by atoms with van der Waals surface area (Å²) >= 11 is 2.39. The van der Waals surface area contributed by atoms with Crippen LogP contribution in [-0.4, -0.2) is 33.1 Å². The van der Waals surface area contributed by atoms with Crippen LogP contribution >= 0.6 is 22.7 Å². The summed E-state index contributed by atoms with van der Waals surface area (Å²) < 4.78 is 60.8. The zero-order valence-corrected chi connectivity index (χ0v) is 31.3. The fraction of sp³-hybridized carbons (Fsp3) is 0.143. The molecule has 57 heavy (non-hydrogen) atoms. The molecule has 2 aliphatic rings. The Balaban J connectivity index is 0.000000161. The van der Waals surface area contributed by atoms with Gasteiger partial charge < -0.3 is 15.1 Å². The van der Waals surface area contributed by atoms with Crippen molar-refractivity contribution in [2.24, 2.45) is 0 Å². The van der Waals surface area contributed by atoms with E-state index in [1.165, 1.54) is 41.2 Å². The standard InChI is InChI=1S/C22H15F2N3O2S.C20H14F2N2O2S/c23-15-4-2-5-16(24)19(15)27-21(28)22-26-17-6-1-3-12-7-8-13(18-10-25-11-29-18)9-14(12)20(17)30-22;21-14-4-2-5-15(22)17(14)24-19(26)20-23-16-6-1-3-12-8-7-11(10-25)9-13(12)18(16)27-20/h2,4-5,7-11H,1,3,6H2,(H,27,28);2,4-5,7-10H,1,3,6H2,(H,24,26). The summed E-state index contributed by atoms with van der Waals surface area (Å²) in [5, 5.41) is 4.88. The topological polar surface area (TPSA) is 127 Å². The average molecular weight is 808 g/mol. The van der Waals surface area contributed by atoms with Crippen molar-refractivity contribution in [2.45, 2.75) is 38.5 Å². The first-order valence-electron chi connectivity index (χ1n) is 17.8. The summed E-state index contributed by atoms with van der Waals surface area (Å²) in [7, 11) is 0. The van der Waals surface area contributed by atoms with E-state index in [2.05, 4.69) is 31.7 Å². The molecule has 2 N–H and O–H groups in total. The number of benzene rings is 4. The second kappa shape index (κ2) is 16.0. The Morgan fingerprint density at radius 2 is 1.18 bits per heavy atom. The van der Waals surface area contributed by atoms with E-state index < -0.39 is 46.5 Å². The molecule has 0 saturated heterocycles. The second-order valence-electron chi connectivity index (χ2n) is 13.2. The summed E-state index contributed by atoms with van der Waals surface area (Å²) in [5.74, 6) is -3.99. The van der Waals surface area contributed by atoms with E-state index in [0.717, 1.165) is 112 Å². The zero-order chi connectivity index (χ0) is 39.6. The number of aryl methyl sites for hydroxylation is 4. The molecule has 2 amide bonds. The van der Waals surface area contributed by atoms with E-state index in [0.29, 0.717) is 17.7 Å². The number of hydrogen-bond acceptors (Lipinski definition) is 9. The third-order valence-electron chi connectivity index (χ3n) is 9.49. The van der Waals surface area contributed by atoms with Crippen molar-refractivity contribution in [3.8, 4) is 32.2 Å². The maximum atomic E-state index is 13.9. The van der Waals surface area contributed by atoms with E-state index in [-0.39, 0.29) is 10.0 Å². The molecule has 7 aromatic rings. The Morgan fingerprint density at radius 3 is 1.67 bits per heavy atom. The SMILES string of the molecule is O=C(Nc1c(F)cccc1F)c1nc2c(s1)-c1cc(-c3cnco3)ccc1CCC2.O=Cc1ccc2c(c1)-c1sc(C(=O)Nc3c(F)cccc3F)nc1CCC2. The Morgan fingerprint density at radius 1 is 0.667 bits per heavy atom. The van der Waals surface area contributed by atoms with E-state index >= 15 is 0 Å².